The second-order valence-electron chi connectivity index (χ2n) is 6.11. The van der Waals surface area contributed by atoms with Gasteiger partial charge in [0.2, 0.25) is 0 Å². The van der Waals surface area contributed by atoms with E-state index in [1.54, 1.807) is 12.1 Å². The van der Waals surface area contributed by atoms with Crippen molar-refractivity contribution in [2.24, 2.45) is 5.92 Å². The average Bonchev–Trinajstić information content (AvgIpc) is 2.50. The molecule has 6 heteroatoms. The van der Waals surface area contributed by atoms with Crippen molar-refractivity contribution in [3.05, 3.63) is 28.8 Å². The van der Waals surface area contributed by atoms with Crippen molar-refractivity contribution in [1.29, 1.82) is 0 Å². The molecule has 0 saturated heterocycles. The van der Waals surface area contributed by atoms with Crippen molar-refractivity contribution in [3.63, 3.8) is 0 Å². The van der Waals surface area contributed by atoms with Gasteiger partial charge in [-0.05, 0) is 43.4 Å². The van der Waals surface area contributed by atoms with Gasteiger partial charge in [0.25, 0.3) is 5.91 Å². The van der Waals surface area contributed by atoms with Crippen LogP contribution in [0.5, 0.6) is 5.75 Å². The summed E-state index contributed by atoms with van der Waals surface area (Å²) in [5.74, 6) is 0.374. The van der Waals surface area contributed by atoms with Crippen molar-refractivity contribution in [3.8, 4) is 5.75 Å². The first-order valence-electron chi connectivity index (χ1n) is 7.95. The lowest BCUT2D eigenvalue weighted by molar-refractivity contribution is -0.122. The molecule has 2 unspecified atom stereocenters. The second kappa shape index (κ2) is 8.20. The number of hydrogen-bond donors (Lipinski definition) is 2. The van der Waals surface area contributed by atoms with E-state index < -0.39 is 11.9 Å². The van der Waals surface area contributed by atoms with Crippen LogP contribution in [0.3, 0.4) is 0 Å². The summed E-state index contributed by atoms with van der Waals surface area (Å²) in [4.78, 5) is 23.7. The van der Waals surface area contributed by atoms with Crippen LogP contribution in [0.25, 0.3) is 0 Å². The Bertz CT molecular complexity index is 577. The highest BCUT2D eigenvalue weighted by atomic mass is 35.5. The number of benzene rings is 1. The lowest BCUT2D eigenvalue weighted by atomic mass is 9.86. The van der Waals surface area contributed by atoms with E-state index in [-0.39, 0.29) is 12.6 Å². The van der Waals surface area contributed by atoms with Crippen LogP contribution in [0.2, 0.25) is 5.02 Å². The van der Waals surface area contributed by atoms with E-state index in [9.17, 15) is 9.59 Å². The number of urea groups is 1. The van der Waals surface area contributed by atoms with Crippen molar-refractivity contribution < 1.29 is 14.3 Å². The quantitative estimate of drug-likeness (QED) is 0.883. The average molecular weight is 339 g/mol. The SMILES string of the molecule is Cc1ccc(Cl)c(OCC(=O)NC(=O)NC2CCCCC2C)c1. The van der Waals surface area contributed by atoms with Crippen molar-refractivity contribution in [2.75, 3.05) is 6.61 Å². The number of hydrogen-bond acceptors (Lipinski definition) is 3. The van der Waals surface area contributed by atoms with E-state index in [2.05, 4.69) is 17.6 Å². The molecule has 1 aliphatic carbocycles. The van der Waals surface area contributed by atoms with E-state index in [0.29, 0.717) is 16.7 Å². The van der Waals surface area contributed by atoms with Gasteiger partial charge in [-0.15, -0.1) is 0 Å². The molecule has 0 heterocycles. The fourth-order valence-electron chi connectivity index (χ4n) is 2.76. The standard InChI is InChI=1S/C17H23ClN2O3/c1-11-7-8-13(18)15(9-11)23-10-16(21)20-17(22)19-14-6-4-3-5-12(14)2/h7-9,12,14H,3-6,10H2,1-2H3,(H2,19,20,21,22). The lowest BCUT2D eigenvalue weighted by Gasteiger charge is -2.29. The smallest absolute Gasteiger partial charge is 0.321 e. The first kappa shape index (κ1) is 17.6. The molecule has 1 aliphatic rings. The number of aryl methyl sites for hydroxylation is 1. The molecule has 1 fully saturated rings. The number of amides is 3. The molecule has 2 atom stereocenters. The van der Waals surface area contributed by atoms with Crippen molar-refractivity contribution in [1.82, 2.24) is 10.6 Å². The lowest BCUT2D eigenvalue weighted by Crippen LogP contribution is -2.48. The predicted molar refractivity (Wildman–Crippen MR) is 89.8 cm³/mol. The largest absolute Gasteiger partial charge is 0.482 e. The number of halogens is 1. The van der Waals surface area contributed by atoms with Gasteiger partial charge in [-0.25, -0.2) is 4.79 Å². The molecule has 1 aromatic carbocycles. The highest BCUT2D eigenvalue weighted by molar-refractivity contribution is 6.32. The maximum atomic E-state index is 11.9. The van der Waals surface area contributed by atoms with Crippen LogP contribution in [0.15, 0.2) is 18.2 Å². The molecule has 0 radical (unpaired) electrons. The Balaban J connectivity index is 1.77. The van der Waals surface area contributed by atoms with Crippen LogP contribution >= 0.6 is 11.6 Å². The van der Waals surface area contributed by atoms with Gasteiger partial charge in [0.15, 0.2) is 6.61 Å². The number of carbonyl (C=O) groups is 2. The Kier molecular flexibility index (Phi) is 6.28. The van der Waals surface area contributed by atoms with Gasteiger partial charge in [-0.1, -0.05) is 37.4 Å². The summed E-state index contributed by atoms with van der Waals surface area (Å²) in [7, 11) is 0. The molecule has 1 saturated carbocycles. The molecule has 23 heavy (non-hydrogen) atoms. The van der Waals surface area contributed by atoms with E-state index in [4.69, 9.17) is 16.3 Å². The minimum atomic E-state index is -0.497. The third kappa shape index (κ3) is 5.43. The van der Waals surface area contributed by atoms with E-state index in [0.717, 1.165) is 24.8 Å². The van der Waals surface area contributed by atoms with Crippen LogP contribution < -0.4 is 15.4 Å². The Hall–Kier alpha value is -1.75. The molecule has 2 rings (SSSR count). The second-order valence-corrected chi connectivity index (χ2v) is 6.52. The summed E-state index contributed by atoms with van der Waals surface area (Å²) in [5.41, 5.74) is 0.980. The Morgan fingerprint density at radius 3 is 2.78 bits per heavy atom. The number of imide groups is 1. The summed E-state index contributed by atoms with van der Waals surface area (Å²) in [6.45, 7) is 3.77. The van der Waals surface area contributed by atoms with Crippen LogP contribution in [0.1, 0.15) is 38.2 Å². The number of carbonyl (C=O) groups excluding carboxylic acids is 2. The maximum absolute atomic E-state index is 11.9. The first-order chi connectivity index (χ1) is 11.0. The molecule has 1 aromatic rings. The monoisotopic (exact) mass is 338 g/mol. The van der Waals surface area contributed by atoms with Crippen LogP contribution in [0, 0.1) is 12.8 Å². The summed E-state index contributed by atoms with van der Waals surface area (Å²) in [6, 6.07) is 4.98. The first-order valence-corrected chi connectivity index (χ1v) is 8.33. The van der Waals surface area contributed by atoms with Crippen LogP contribution in [-0.2, 0) is 4.79 Å². The fourth-order valence-corrected chi connectivity index (χ4v) is 2.93. The van der Waals surface area contributed by atoms with E-state index in [1.807, 2.05) is 13.0 Å². The molecule has 0 bridgehead atoms. The molecule has 2 N–H and O–H groups in total. The number of nitrogens with one attached hydrogen (secondary N) is 2. The third-order valence-electron chi connectivity index (χ3n) is 4.13. The highest BCUT2D eigenvalue weighted by Crippen LogP contribution is 2.25. The topological polar surface area (TPSA) is 67.4 Å². The minimum absolute atomic E-state index is 0.128. The maximum Gasteiger partial charge on any atom is 0.321 e. The molecule has 5 nitrogen and oxygen atoms in total. The van der Waals surface area contributed by atoms with Gasteiger partial charge in [0.1, 0.15) is 5.75 Å². The summed E-state index contributed by atoms with van der Waals surface area (Å²) < 4.78 is 5.37. The molecule has 0 aliphatic heterocycles. The van der Waals surface area contributed by atoms with Gasteiger partial charge in [0, 0.05) is 6.04 Å². The molecular weight excluding hydrogens is 316 g/mol. The summed E-state index contributed by atoms with van der Waals surface area (Å²) in [5, 5.41) is 5.59. The minimum Gasteiger partial charge on any atom is -0.482 e. The van der Waals surface area contributed by atoms with Gasteiger partial charge < -0.3 is 10.1 Å². The zero-order chi connectivity index (χ0) is 16.8. The van der Waals surface area contributed by atoms with Gasteiger partial charge in [0.05, 0.1) is 5.02 Å². The Morgan fingerprint density at radius 1 is 1.30 bits per heavy atom. The van der Waals surface area contributed by atoms with E-state index >= 15 is 0 Å². The Morgan fingerprint density at radius 2 is 2.04 bits per heavy atom. The van der Waals surface area contributed by atoms with Gasteiger partial charge in [-0.3, -0.25) is 10.1 Å². The van der Waals surface area contributed by atoms with Gasteiger partial charge in [-0.2, -0.15) is 0 Å². The summed E-state index contributed by atoms with van der Waals surface area (Å²) >= 11 is 5.99. The zero-order valence-electron chi connectivity index (χ0n) is 13.5. The van der Waals surface area contributed by atoms with Gasteiger partial charge >= 0.3 is 6.03 Å². The molecular formula is C17H23ClN2O3. The summed E-state index contributed by atoms with van der Waals surface area (Å²) in [6.07, 6.45) is 4.37. The van der Waals surface area contributed by atoms with Crippen LogP contribution in [0.4, 0.5) is 4.79 Å². The Labute approximate surface area is 141 Å². The number of rotatable bonds is 4. The molecule has 0 spiro atoms. The zero-order valence-corrected chi connectivity index (χ0v) is 14.3. The predicted octanol–water partition coefficient (Wildman–Crippen LogP) is 3.43. The molecule has 3 amide bonds. The molecule has 0 aromatic heterocycles. The number of ether oxygens (including phenoxy) is 1. The van der Waals surface area contributed by atoms with Crippen LogP contribution in [-0.4, -0.2) is 24.6 Å². The highest BCUT2D eigenvalue weighted by Gasteiger charge is 2.23. The molecule has 126 valence electrons. The fraction of sp³-hybridized carbons (Fsp3) is 0.529. The van der Waals surface area contributed by atoms with E-state index in [1.165, 1.54) is 6.42 Å². The van der Waals surface area contributed by atoms with Crippen molar-refractivity contribution in [2.45, 2.75) is 45.6 Å². The van der Waals surface area contributed by atoms with Crippen molar-refractivity contribution >= 4 is 23.5 Å². The third-order valence-corrected chi connectivity index (χ3v) is 4.44. The normalized spacial score (nSPS) is 20.7.